The van der Waals surface area contributed by atoms with Crippen LogP contribution < -0.4 is 0 Å². The molecule has 0 aliphatic rings. The molecular weight excluding hydrogens is 128 g/mol. The summed E-state index contributed by atoms with van der Waals surface area (Å²) in [5.41, 5.74) is 0. The van der Waals surface area contributed by atoms with Crippen molar-refractivity contribution in [2.75, 3.05) is 0 Å². The van der Waals surface area contributed by atoms with E-state index in [0.717, 1.165) is 0 Å². The molecule has 8 heteroatoms. The third kappa shape index (κ3) is 3.86. The van der Waals surface area contributed by atoms with Crippen LogP contribution in [0.25, 0.3) is 0 Å². The van der Waals surface area contributed by atoms with Crippen molar-refractivity contribution >= 4 is 0 Å². The average Bonchev–Trinajstić information content (AvgIpc) is 1.65. The van der Waals surface area contributed by atoms with Gasteiger partial charge in [-0.2, -0.15) is 5.26 Å². The summed E-state index contributed by atoms with van der Waals surface area (Å²) in [5.74, 6) is 0. The third-order valence-electron chi connectivity index (χ3n) is 0.183. The first kappa shape index (κ1) is 7.68. The van der Waals surface area contributed by atoms with Crippen molar-refractivity contribution in [3.05, 3.63) is 0 Å². The minimum atomic E-state index is -0.240. The molecule has 0 heterocycles. The number of hydrogen-bond donors (Lipinski definition) is 4. The number of rotatable bonds is 3. The molecule has 0 aromatic carbocycles. The smallest absolute Gasteiger partial charge is 0.174 e. The van der Waals surface area contributed by atoms with E-state index in [1.807, 2.05) is 0 Å². The molecule has 0 spiro atoms. The van der Waals surface area contributed by atoms with E-state index in [4.69, 9.17) is 21.0 Å². The van der Waals surface area contributed by atoms with Crippen molar-refractivity contribution in [3.8, 4) is 0 Å². The highest BCUT2D eigenvalue weighted by Crippen LogP contribution is 1.94. The lowest BCUT2D eigenvalue weighted by atomic mass is 14.0. The first-order chi connectivity index (χ1) is 3.66. The summed E-state index contributed by atoms with van der Waals surface area (Å²) in [6.45, 7) is 0. The molecule has 0 rings (SSSR count). The van der Waals surface area contributed by atoms with E-state index in [1.165, 1.54) is 0 Å². The van der Waals surface area contributed by atoms with E-state index < -0.39 is 0 Å². The molecule has 0 aliphatic heterocycles. The highest BCUT2D eigenvalue weighted by atomic mass is 18.0. The minimum absolute atomic E-state index is 0.0324. The Hall–Kier alpha value is -0.320. The molecule has 4 N–H and O–H groups in total. The maximum Gasteiger partial charge on any atom is 0.395 e. The van der Waals surface area contributed by atoms with Crippen LogP contribution in [0.15, 0.2) is 0 Å². The SMILES string of the molecule is OO[O+](O)O[O+](O)O. The van der Waals surface area contributed by atoms with E-state index in [9.17, 15) is 0 Å². The highest BCUT2D eigenvalue weighted by Gasteiger charge is 2.26. The Labute approximate surface area is 42.1 Å². The van der Waals surface area contributed by atoms with Crippen LogP contribution in [-0.4, -0.2) is 21.0 Å². The monoisotopic (exact) mass is 132 g/mol. The van der Waals surface area contributed by atoms with Crippen LogP contribution in [0.4, 0.5) is 0 Å². The molecular formula is H4O8+2. The Morgan fingerprint density at radius 3 is 1.75 bits per heavy atom. The molecule has 0 radical (unpaired) electrons. The zero-order valence-electron chi connectivity index (χ0n) is 3.42. The molecule has 0 amide bonds. The lowest BCUT2D eigenvalue weighted by molar-refractivity contribution is -1.01. The van der Waals surface area contributed by atoms with Crippen LogP contribution in [0, 0.1) is 0 Å². The van der Waals surface area contributed by atoms with E-state index in [1.54, 1.807) is 0 Å². The first-order valence-electron chi connectivity index (χ1n) is 1.23. The van der Waals surface area contributed by atoms with E-state index >= 15 is 0 Å². The van der Waals surface area contributed by atoms with Gasteiger partial charge in [-0.1, -0.05) is 0 Å². The summed E-state index contributed by atoms with van der Waals surface area (Å²) < 4.78 is 0. The van der Waals surface area contributed by atoms with Crippen molar-refractivity contribution < 1.29 is 40.7 Å². The summed E-state index contributed by atoms with van der Waals surface area (Å²) in [4.78, 5) is -0.273. The van der Waals surface area contributed by atoms with Crippen LogP contribution in [0.3, 0.4) is 0 Å². The molecule has 0 fully saturated rings. The van der Waals surface area contributed by atoms with Crippen LogP contribution in [0.5, 0.6) is 0 Å². The second-order valence-electron chi connectivity index (χ2n) is 0.590. The Bertz CT molecular complexity index is 46.0. The molecule has 0 aromatic rings. The van der Waals surface area contributed by atoms with Crippen molar-refractivity contribution in [2.45, 2.75) is 0 Å². The summed E-state index contributed by atoms with van der Waals surface area (Å²) in [6.07, 6.45) is 0. The molecule has 0 saturated carbocycles. The van der Waals surface area contributed by atoms with Crippen molar-refractivity contribution in [1.29, 1.82) is 0 Å². The van der Waals surface area contributed by atoms with Gasteiger partial charge in [0.15, 0.2) is 5.04 Å². The Morgan fingerprint density at radius 1 is 1.12 bits per heavy atom. The molecule has 0 aliphatic carbocycles. The molecule has 50 valence electrons. The summed E-state index contributed by atoms with van der Waals surface area (Å²) in [6, 6.07) is 0. The molecule has 0 unspecified atom stereocenters. The first-order valence-corrected chi connectivity index (χ1v) is 1.23. The van der Waals surface area contributed by atoms with Crippen molar-refractivity contribution in [2.24, 2.45) is 0 Å². The fraction of sp³-hybridized carbons (Fsp3) is 0. The lowest BCUT2D eigenvalue weighted by Crippen LogP contribution is -2.15. The van der Waals surface area contributed by atoms with Crippen molar-refractivity contribution in [1.82, 2.24) is 0 Å². The summed E-state index contributed by atoms with van der Waals surface area (Å²) in [5, 5.41) is 35.9. The van der Waals surface area contributed by atoms with Crippen LogP contribution >= 0.6 is 0 Å². The second kappa shape index (κ2) is 3.65. The van der Waals surface area contributed by atoms with Gasteiger partial charge in [0, 0.05) is 0 Å². The largest absolute Gasteiger partial charge is 0.395 e. The predicted octanol–water partition coefficient (Wildman–Crippen LogP) is -0.239. The quantitative estimate of drug-likeness (QED) is 0.240. The molecule has 8 nitrogen and oxygen atoms in total. The standard InChI is InChI=1S/H3O8/c1-5-8(4)6-7(2)3/h2-4H/q+1/p+1. The maximum absolute atomic E-state index is 7.70. The zero-order chi connectivity index (χ0) is 6.57. The van der Waals surface area contributed by atoms with E-state index in [0.29, 0.717) is 0 Å². The van der Waals surface area contributed by atoms with Gasteiger partial charge in [0.1, 0.15) is 0 Å². The van der Waals surface area contributed by atoms with Gasteiger partial charge in [0.25, 0.3) is 0 Å². The Kier molecular flexibility index (Phi) is 3.51. The van der Waals surface area contributed by atoms with Gasteiger partial charge in [-0.3, -0.25) is 0 Å². The normalized spacial score (nSPS) is 11.2. The van der Waals surface area contributed by atoms with Gasteiger partial charge in [0.2, 0.25) is 9.64 Å². The Balaban J connectivity index is 3.10. The molecule has 0 saturated heterocycles. The van der Waals surface area contributed by atoms with E-state index in [-0.39, 0.29) is 9.64 Å². The Morgan fingerprint density at radius 2 is 1.62 bits per heavy atom. The molecule has 0 bridgehead atoms. The molecule has 0 atom stereocenters. The van der Waals surface area contributed by atoms with Gasteiger partial charge in [-0.15, -0.1) is 0 Å². The average molecular weight is 132 g/mol. The maximum atomic E-state index is 7.70. The second-order valence-corrected chi connectivity index (χ2v) is 0.590. The van der Waals surface area contributed by atoms with Gasteiger partial charge < -0.3 is 0 Å². The molecule has 0 aromatic heterocycles. The fourth-order valence-electron chi connectivity index (χ4n) is 0.0645. The van der Waals surface area contributed by atoms with Gasteiger partial charge in [-0.05, 0) is 15.8 Å². The van der Waals surface area contributed by atoms with Crippen molar-refractivity contribution in [3.63, 3.8) is 0 Å². The predicted molar refractivity (Wildman–Crippen MR) is 14.9 cm³/mol. The number of hydrogen-bond acceptors (Lipinski definition) is 6. The molecule has 8 heavy (non-hydrogen) atoms. The topological polar surface area (TPSA) is 105 Å². The van der Waals surface area contributed by atoms with Crippen LogP contribution in [-0.2, 0) is 19.7 Å². The minimum Gasteiger partial charge on any atom is -0.174 e. The van der Waals surface area contributed by atoms with Gasteiger partial charge in [-0.25, -0.2) is 0 Å². The summed E-state index contributed by atoms with van der Waals surface area (Å²) in [7, 11) is 0. The van der Waals surface area contributed by atoms with Gasteiger partial charge >= 0.3 is 5.04 Å². The van der Waals surface area contributed by atoms with Crippen LogP contribution in [0.2, 0.25) is 0 Å². The zero-order valence-corrected chi connectivity index (χ0v) is 3.42. The third-order valence-corrected chi connectivity index (χ3v) is 0.183. The van der Waals surface area contributed by atoms with Gasteiger partial charge in [0.05, 0.1) is 0 Å². The van der Waals surface area contributed by atoms with E-state index in [2.05, 4.69) is 10.1 Å². The van der Waals surface area contributed by atoms with Crippen LogP contribution in [0.1, 0.15) is 0 Å². The fourth-order valence-corrected chi connectivity index (χ4v) is 0.0645. The highest BCUT2D eigenvalue weighted by molar-refractivity contribution is 3.09. The summed E-state index contributed by atoms with van der Waals surface area (Å²) >= 11 is 0. The lowest BCUT2D eigenvalue weighted by Gasteiger charge is -1.85.